The number of fused-ring (bicyclic) bond motifs is 1. The zero-order chi connectivity index (χ0) is 12.8. The van der Waals surface area contributed by atoms with Gasteiger partial charge in [0.25, 0.3) is 0 Å². The van der Waals surface area contributed by atoms with E-state index in [4.69, 9.17) is 0 Å². The maximum atomic E-state index is 11.8. The Morgan fingerprint density at radius 1 is 1.24 bits per heavy atom. The third-order valence-electron chi connectivity index (χ3n) is 3.16. The fourth-order valence-corrected chi connectivity index (χ4v) is 3.33. The first-order valence-corrected chi connectivity index (χ1v) is 7.66. The van der Waals surface area contributed by atoms with Gasteiger partial charge in [-0.3, -0.25) is 4.31 Å². The van der Waals surface area contributed by atoms with Gasteiger partial charge >= 0.3 is 0 Å². The minimum atomic E-state index is -3.17. The second kappa shape index (κ2) is 3.73. The van der Waals surface area contributed by atoms with Crippen LogP contribution in [0.25, 0.3) is 0 Å². The topological polar surface area (TPSA) is 37.4 Å². The van der Waals surface area contributed by atoms with Crippen LogP contribution in [0.3, 0.4) is 0 Å². The second-order valence-corrected chi connectivity index (χ2v) is 7.56. The largest absolute Gasteiger partial charge is 0.270 e. The highest BCUT2D eigenvalue weighted by Crippen LogP contribution is 2.39. The molecule has 1 aliphatic heterocycles. The molecule has 0 aliphatic carbocycles. The standard InChI is InChI=1S/C13H19NO2S/c1-13(2,3)11-7-5-6-10-8-9-14(12(10)11)17(4,15)16/h5-7H,8-9H2,1-4H3. The third kappa shape index (κ3) is 2.18. The lowest BCUT2D eigenvalue weighted by Gasteiger charge is -2.27. The van der Waals surface area contributed by atoms with Gasteiger partial charge < -0.3 is 0 Å². The predicted molar refractivity (Wildman–Crippen MR) is 71.0 cm³/mol. The Bertz CT molecular complexity index is 541. The number of para-hydroxylation sites is 1. The van der Waals surface area contributed by atoms with Crippen molar-refractivity contribution in [1.82, 2.24) is 0 Å². The van der Waals surface area contributed by atoms with Crippen LogP contribution >= 0.6 is 0 Å². The molecular formula is C13H19NO2S. The van der Waals surface area contributed by atoms with Crippen molar-refractivity contribution in [3.05, 3.63) is 29.3 Å². The average Bonchev–Trinajstić information content (AvgIpc) is 2.57. The molecule has 2 rings (SSSR count). The number of anilines is 1. The Labute approximate surface area is 104 Å². The molecule has 0 spiro atoms. The highest BCUT2D eigenvalue weighted by atomic mass is 32.2. The second-order valence-electron chi connectivity index (χ2n) is 5.65. The van der Waals surface area contributed by atoms with Crippen LogP contribution in [0.1, 0.15) is 31.9 Å². The molecule has 3 nitrogen and oxygen atoms in total. The van der Waals surface area contributed by atoms with Crippen molar-refractivity contribution in [3.63, 3.8) is 0 Å². The maximum Gasteiger partial charge on any atom is 0.232 e. The monoisotopic (exact) mass is 253 g/mol. The fraction of sp³-hybridized carbons (Fsp3) is 0.538. The zero-order valence-corrected chi connectivity index (χ0v) is 11.6. The van der Waals surface area contributed by atoms with Gasteiger partial charge in [-0.15, -0.1) is 0 Å². The number of rotatable bonds is 1. The molecule has 0 amide bonds. The van der Waals surface area contributed by atoms with Crippen LogP contribution in [0.2, 0.25) is 0 Å². The van der Waals surface area contributed by atoms with Crippen molar-refractivity contribution in [3.8, 4) is 0 Å². The van der Waals surface area contributed by atoms with Crippen LogP contribution in [-0.4, -0.2) is 21.2 Å². The van der Waals surface area contributed by atoms with Crippen LogP contribution in [0.15, 0.2) is 18.2 Å². The zero-order valence-electron chi connectivity index (χ0n) is 10.8. The van der Waals surface area contributed by atoms with Gasteiger partial charge in [-0.2, -0.15) is 0 Å². The molecule has 1 heterocycles. The van der Waals surface area contributed by atoms with E-state index in [0.717, 1.165) is 23.2 Å². The minimum absolute atomic E-state index is 0.0430. The van der Waals surface area contributed by atoms with Crippen molar-refractivity contribution < 1.29 is 8.42 Å². The van der Waals surface area contributed by atoms with E-state index in [1.807, 2.05) is 18.2 Å². The first-order valence-electron chi connectivity index (χ1n) is 5.81. The van der Waals surface area contributed by atoms with Crippen molar-refractivity contribution in [2.24, 2.45) is 0 Å². The molecule has 0 unspecified atom stereocenters. The lowest BCUT2D eigenvalue weighted by atomic mass is 9.85. The summed E-state index contributed by atoms with van der Waals surface area (Å²) in [7, 11) is -3.17. The van der Waals surface area contributed by atoms with Crippen LogP contribution in [0.4, 0.5) is 5.69 Å². The van der Waals surface area contributed by atoms with E-state index in [1.165, 1.54) is 6.26 Å². The van der Waals surface area contributed by atoms with Crippen molar-refractivity contribution in [2.75, 3.05) is 17.1 Å². The summed E-state index contributed by atoms with van der Waals surface area (Å²) in [5.74, 6) is 0. The molecule has 0 radical (unpaired) electrons. The number of benzene rings is 1. The van der Waals surface area contributed by atoms with Gasteiger partial charge in [-0.25, -0.2) is 8.42 Å². The number of hydrogen-bond donors (Lipinski definition) is 0. The van der Waals surface area contributed by atoms with E-state index in [1.54, 1.807) is 4.31 Å². The summed E-state index contributed by atoms with van der Waals surface area (Å²) < 4.78 is 25.1. The average molecular weight is 253 g/mol. The fourth-order valence-electron chi connectivity index (χ4n) is 2.36. The molecule has 17 heavy (non-hydrogen) atoms. The summed E-state index contributed by atoms with van der Waals surface area (Å²) >= 11 is 0. The summed E-state index contributed by atoms with van der Waals surface area (Å²) in [4.78, 5) is 0. The van der Waals surface area contributed by atoms with Crippen LogP contribution in [0.5, 0.6) is 0 Å². The number of nitrogens with zero attached hydrogens (tertiary/aromatic N) is 1. The molecule has 0 saturated carbocycles. The molecule has 94 valence electrons. The molecule has 0 saturated heterocycles. The van der Waals surface area contributed by atoms with E-state index in [0.29, 0.717) is 6.54 Å². The Hall–Kier alpha value is -1.03. The molecule has 4 heteroatoms. The van der Waals surface area contributed by atoms with Crippen LogP contribution in [0, 0.1) is 0 Å². The number of sulfonamides is 1. The van der Waals surface area contributed by atoms with Crippen molar-refractivity contribution in [1.29, 1.82) is 0 Å². The van der Waals surface area contributed by atoms with E-state index < -0.39 is 10.0 Å². The van der Waals surface area contributed by atoms with E-state index in [9.17, 15) is 8.42 Å². The van der Waals surface area contributed by atoms with Crippen LogP contribution < -0.4 is 4.31 Å². The lowest BCUT2D eigenvalue weighted by Crippen LogP contribution is -2.29. The molecule has 1 aromatic carbocycles. The molecular weight excluding hydrogens is 234 g/mol. The SMILES string of the molecule is CC(C)(C)c1cccc2c1N(S(C)(=O)=O)CC2. The molecule has 0 aromatic heterocycles. The normalized spacial score (nSPS) is 16.1. The Balaban J connectivity index is 2.65. The van der Waals surface area contributed by atoms with Crippen LogP contribution in [-0.2, 0) is 21.9 Å². The lowest BCUT2D eigenvalue weighted by molar-refractivity contribution is 0.586. The highest BCUT2D eigenvalue weighted by Gasteiger charge is 2.31. The molecule has 1 aliphatic rings. The quantitative estimate of drug-likeness (QED) is 0.770. The smallest absolute Gasteiger partial charge is 0.232 e. The summed E-state index contributed by atoms with van der Waals surface area (Å²) in [5, 5.41) is 0. The van der Waals surface area contributed by atoms with Gasteiger partial charge in [-0.1, -0.05) is 39.0 Å². The molecule has 0 atom stereocenters. The van der Waals surface area contributed by atoms with Crippen molar-refractivity contribution >= 4 is 15.7 Å². The first kappa shape index (κ1) is 12.4. The van der Waals surface area contributed by atoms with Crippen molar-refractivity contribution in [2.45, 2.75) is 32.6 Å². The van der Waals surface area contributed by atoms with Gasteiger partial charge in [0, 0.05) is 6.54 Å². The Morgan fingerprint density at radius 2 is 1.88 bits per heavy atom. The maximum absolute atomic E-state index is 11.8. The first-order chi connectivity index (χ1) is 7.71. The molecule has 0 bridgehead atoms. The van der Waals surface area contributed by atoms with Gasteiger partial charge in [0.05, 0.1) is 11.9 Å². The van der Waals surface area contributed by atoms with Gasteiger partial charge in [-0.05, 0) is 23.0 Å². The Kier molecular flexibility index (Phi) is 2.73. The highest BCUT2D eigenvalue weighted by molar-refractivity contribution is 7.92. The van der Waals surface area contributed by atoms with Gasteiger partial charge in [0.1, 0.15) is 0 Å². The third-order valence-corrected chi connectivity index (χ3v) is 4.33. The Morgan fingerprint density at radius 3 is 2.41 bits per heavy atom. The van der Waals surface area contributed by atoms with E-state index in [-0.39, 0.29) is 5.41 Å². The summed E-state index contributed by atoms with van der Waals surface area (Å²) in [6, 6.07) is 6.07. The minimum Gasteiger partial charge on any atom is -0.270 e. The van der Waals surface area contributed by atoms with E-state index in [2.05, 4.69) is 20.8 Å². The number of hydrogen-bond acceptors (Lipinski definition) is 2. The molecule has 1 aromatic rings. The predicted octanol–water partition coefficient (Wildman–Crippen LogP) is 2.31. The summed E-state index contributed by atoms with van der Waals surface area (Å²) in [5.41, 5.74) is 3.11. The molecule has 0 fully saturated rings. The van der Waals surface area contributed by atoms with E-state index >= 15 is 0 Å². The molecule has 0 N–H and O–H groups in total. The summed E-state index contributed by atoms with van der Waals surface area (Å²) in [6.45, 7) is 6.91. The van der Waals surface area contributed by atoms with Gasteiger partial charge in [0.2, 0.25) is 10.0 Å². The summed E-state index contributed by atoms with van der Waals surface area (Å²) in [6.07, 6.45) is 2.09. The van der Waals surface area contributed by atoms with Gasteiger partial charge in [0.15, 0.2) is 0 Å².